The van der Waals surface area contributed by atoms with E-state index in [1.807, 2.05) is 0 Å². The summed E-state index contributed by atoms with van der Waals surface area (Å²) in [6.45, 7) is 7.09. The van der Waals surface area contributed by atoms with Gasteiger partial charge in [-0.25, -0.2) is 4.79 Å². The van der Waals surface area contributed by atoms with Gasteiger partial charge in [-0.15, -0.1) is 0 Å². The topological polar surface area (TPSA) is 52.6 Å². The molecule has 0 heterocycles. The van der Waals surface area contributed by atoms with E-state index in [0.717, 1.165) is 18.9 Å². The summed E-state index contributed by atoms with van der Waals surface area (Å²) < 4.78 is 11.0. The number of hydrogen-bond acceptors (Lipinski definition) is 4. The number of esters is 1. The van der Waals surface area contributed by atoms with Gasteiger partial charge in [0, 0.05) is 18.1 Å². The molecule has 0 N–H and O–H groups in total. The molecule has 0 spiro atoms. The van der Waals surface area contributed by atoms with Crippen molar-refractivity contribution in [1.82, 2.24) is 0 Å². The second-order valence-electron chi connectivity index (χ2n) is 5.47. The van der Waals surface area contributed by atoms with Crippen molar-refractivity contribution in [1.29, 1.82) is 0 Å². The lowest BCUT2D eigenvalue weighted by atomic mass is 10.1. The van der Waals surface area contributed by atoms with E-state index in [0.29, 0.717) is 17.7 Å². The van der Waals surface area contributed by atoms with Gasteiger partial charge in [0.25, 0.3) is 0 Å². The Morgan fingerprint density at radius 3 is 2.35 bits per heavy atom. The van der Waals surface area contributed by atoms with Crippen LogP contribution in [0.3, 0.4) is 0 Å². The highest BCUT2D eigenvalue weighted by molar-refractivity contribution is 5.94. The number of carbonyl (C=O) groups excluding carboxylic acids is 2. The minimum absolute atomic E-state index is 0.00195. The molecule has 1 aromatic carbocycles. The van der Waals surface area contributed by atoms with Gasteiger partial charge in [0.05, 0.1) is 0 Å². The van der Waals surface area contributed by atoms with Crippen molar-refractivity contribution in [2.75, 3.05) is 0 Å². The first kappa shape index (κ1) is 18.9. The average Bonchev–Trinajstić information content (AvgIpc) is 2.54. The zero-order chi connectivity index (χ0) is 17.1. The van der Waals surface area contributed by atoms with E-state index in [-0.39, 0.29) is 5.78 Å². The van der Waals surface area contributed by atoms with E-state index < -0.39 is 12.3 Å². The number of Topliss-reactive ketones (excluding diaryl/α,β-unsaturated/α-hetero) is 1. The summed E-state index contributed by atoms with van der Waals surface area (Å²) in [7, 11) is 0. The molecule has 23 heavy (non-hydrogen) atoms. The molecule has 1 aromatic rings. The van der Waals surface area contributed by atoms with Crippen LogP contribution < -0.4 is 4.74 Å². The Bertz CT molecular complexity index is 505. The number of hydrogen-bond donors (Lipinski definition) is 0. The maximum Gasteiger partial charge on any atom is 0.333 e. The SMILES string of the molecule is C=CC(=O)OC(CCCCCCC)Oc1ccc(C(C)=O)cc1. The van der Waals surface area contributed by atoms with Crippen molar-refractivity contribution < 1.29 is 19.1 Å². The fourth-order valence-corrected chi connectivity index (χ4v) is 2.15. The Morgan fingerprint density at radius 2 is 1.78 bits per heavy atom. The van der Waals surface area contributed by atoms with Crippen molar-refractivity contribution in [2.24, 2.45) is 0 Å². The lowest BCUT2D eigenvalue weighted by molar-refractivity contribution is -0.158. The second kappa shape index (κ2) is 10.6. The van der Waals surface area contributed by atoms with Crippen LogP contribution >= 0.6 is 0 Å². The Labute approximate surface area is 138 Å². The van der Waals surface area contributed by atoms with Crippen LogP contribution in [0.15, 0.2) is 36.9 Å². The van der Waals surface area contributed by atoms with Gasteiger partial charge in [0.1, 0.15) is 5.75 Å². The van der Waals surface area contributed by atoms with Crippen molar-refractivity contribution in [3.8, 4) is 5.75 Å². The van der Waals surface area contributed by atoms with E-state index in [1.54, 1.807) is 24.3 Å². The minimum Gasteiger partial charge on any atom is -0.455 e. The molecule has 0 fully saturated rings. The van der Waals surface area contributed by atoms with Gasteiger partial charge in [0.2, 0.25) is 6.29 Å². The number of benzene rings is 1. The summed E-state index contributed by atoms with van der Waals surface area (Å²) in [5, 5.41) is 0. The van der Waals surface area contributed by atoms with E-state index in [1.165, 1.54) is 26.2 Å². The average molecular weight is 318 g/mol. The number of carbonyl (C=O) groups is 2. The first-order chi connectivity index (χ1) is 11.1. The molecule has 0 radical (unpaired) electrons. The van der Waals surface area contributed by atoms with E-state index >= 15 is 0 Å². The van der Waals surface area contributed by atoms with Crippen LogP contribution in [-0.2, 0) is 9.53 Å². The van der Waals surface area contributed by atoms with E-state index in [9.17, 15) is 9.59 Å². The lowest BCUT2D eigenvalue weighted by Gasteiger charge is -2.19. The largest absolute Gasteiger partial charge is 0.455 e. The quantitative estimate of drug-likeness (QED) is 0.195. The van der Waals surface area contributed by atoms with Crippen LogP contribution in [0.25, 0.3) is 0 Å². The van der Waals surface area contributed by atoms with Gasteiger partial charge >= 0.3 is 5.97 Å². The van der Waals surface area contributed by atoms with Gasteiger partial charge in [-0.1, -0.05) is 39.2 Å². The summed E-state index contributed by atoms with van der Waals surface area (Å²) >= 11 is 0. The molecular formula is C19H26O4. The third-order valence-corrected chi connectivity index (χ3v) is 3.49. The Balaban J connectivity index is 2.58. The van der Waals surface area contributed by atoms with Gasteiger partial charge in [0.15, 0.2) is 5.78 Å². The summed E-state index contributed by atoms with van der Waals surface area (Å²) in [5.41, 5.74) is 0.622. The zero-order valence-electron chi connectivity index (χ0n) is 14.0. The fourth-order valence-electron chi connectivity index (χ4n) is 2.15. The summed E-state index contributed by atoms with van der Waals surface area (Å²) in [5.74, 6) is 0.0800. The van der Waals surface area contributed by atoms with Crippen molar-refractivity contribution in [3.05, 3.63) is 42.5 Å². The smallest absolute Gasteiger partial charge is 0.333 e. The molecule has 126 valence electrons. The predicted molar refractivity (Wildman–Crippen MR) is 90.5 cm³/mol. The molecule has 1 atom stereocenters. The third kappa shape index (κ3) is 7.63. The van der Waals surface area contributed by atoms with Gasteiger partial charge < -0.3 is 9.47 Å². The van der Waals surface area contributed by atoms with Crippen LogP contribution in [0.4, 0.5) is 0 Å². The van der Waals surface area contributed by atoms with E-state index in [4.69, 9.17) is 9.47 Å². The molecule has 1 rings (SSSR count). The first-order valence-corrected chi connectivity index (χ1v) is 8.17. The van der Waals surface area contributed by atoms with Gasteiger partial charge in [-0.05, 0) is 37.6 Å². The molecule has 0 saturated carbocycles. The molecule has 1 unspecified atom stereocenters. The normalized spacial score (nSPS) is 11.6. The molecule has 0 aliphatic heterocycles. The van der Waals surface area contributed by atoms with Crippen LogP contribution in [0.1, 0.15) is 62.7 Å². The lowest BCUT2D eigenvalue weighted by Crippen LogP contribution is -2.23. The van der Waals surface area contributed by atoms with Gasteiger partial charge in [-0.2, -0.15) is 0 Å². The number of ketones is 1. The first-order valence-electron chi connectivity index (χ1n) is 8.17. The molecule has 0 aliphatic rings. The standard InChI is InChI=1S/C19H26O4/c1-4-6-7-8-9-10-19(23-18(21)5-2)22-17-13-11-16(12-14-17)15(3)20/h5,11-14,19H,2,4,6-10H2,1,3H3. The van der Waals surface area contributed by atoms with Crippen LogP contribution in [0.5, 0.6) is 5.75 Å². The minimum atomic E-state index is -0.634. The summed E-state index contributed by atoms with van der Waals surface area (Å²) in [4.78, 5) is 22.7. The second-order valence-corrected chi connectivity index (χ2v) is 5.47. The van der Waals surface area contributed by atoms with Crippen LogP contribution in [0, 0.1) is 0 Å². The highest BCUT2D eigenvalue weighted by atomic mass is 16.7. The molecule has 0 amide bonds. The monoisotopic (exact) mass is 318 g/mol. The van der Waals surface area contributed by atoms with Crippen LogP contribution in [-0.4, -0.2) is 18.0 Å². The number of unbranched alkanes of at least 4 members (excludes halogenated alkanes) is 4. The maximum absolute atomic E-state index is 11.4. The molecule has 0 aromatic heterocycles. The third-order valence-electron chi connectivity index (χ3n) is 3.49. The molecule has 0 saturated heterocycles. The molecular weight excluding hydrogens is 292 g/mol. The Morgan fingerprint density at radius 1 is 1.13 bits per heavy atom. The van der Waals surface area contributed by atoms with E-state index in [2.05, 4.69) is 13.5 Å². The molecule has 0 aliphatic carbocycles. The number of rotatable bonds is 11. The highest BCUT2D eigenvalue weighted by Gasteiger charge is 2.14. The Hall–Kier alpha value is -2.10. The molecule has 4 nitrogen and oxygen atoms in total. The zero-order valence-corrected chi connectivity index (χ0v) is 14.0. The molecule has 0 bridgehead atoms. The summed E-state index contributed by atoms with van der Waals surface area (Å²) in [6, 6.07) is 6.82. The van der Waals surface area contributed by atoms with Crippen molar-refractivity contribution >= 4 is 11.8 Å². The van der Waals surface area contributed by atoms with Gasteiger partial charge in [-0.3, -0.25) is 4.79 Å². The number of ether oxygens (including phenoxy) is 2. The van der Waals surface area contributed by atoms with Crippen molar-refractivity contribution in [3.63, 3.8) is 0 Å². The fraction of sp³-hybridized carbons (Fsp3) is 0.474. The predicted octanol–water partition coefficient (Wildman–Crippen LogP) is 4.68. The van der Waals surface area contributed by atoms with Crippen molar-refractivity contribution in [2.45, 2.75) is 58.7 Å². The summed E-state index contributed by atoms with van der Waals surface area (Å²) in [6.07, 6.45) is 6.72. The Kier molecular flexibility index (Phi) is 8.73. The highest BCUT2D eigenvalue weighted by Crippen LogP contribution is 2.18. The van der Waals surface area contributed by atoms with Crippen LogP contribution in [0.2, 0.25) is 0 Å². The molecule has 4 heteroatoms. The maximum atomic E-state index is 11.4.